The molecule has 1 atom stereocenters. The second-order valence-electron chi connectivity index (χ2n) is 6.50. The van der Waals surface area contributed by atoms with E-state index in [1.807, 2.05) is 43.7 Å². The van der Waals surface area contributed by atoms with Gasteiger partial charge in [0.2, 0.25) is 0 Å². The smallest absolute Gasteiger partial charge is 0.261 e. The van der Waals surface area contributed by atoms with Crippen LogP contribution in [0.3, 0.4) is 0 Å². The summed E-state index contributed by atoms with van der Waals surface area (Å²) in [6.45, 7) is 10.6. The lowest BCUT2D eigenvalue weighted by atomic mass is 10.1. The second-order valence-corrected chi connectivity index (χ2v) is 6.50. The number of aromatic nitrogens is 2. The van der Waals surface area contributed by atoms with Crippen molar-refractivity contribution in [1.29, 1.82) is 0 Å². The van der Waals surface area contributed by atoms with Gasteiger partial charge in [0.25, 0.3) is 5.91 Å². The number of hydrogen-bond donors (Lipinski definition) is 0. The van der Waals surface area contributed by atoms with Gasteiger partial charge in [-0.05, 0) is 52.3 Å². The van der Waals surface area contributed by atoms with Crippen LogP contribution in [0.25, 0.3) is 0 Å². The number of benzene rings is 1. The lowest BCUT2D eigenvalue weighted by molar-refractivity contribution is 0.0960. The maximum Gasteiger partial charge on any atom is 0.261 e. The molecule has 0 N–H and O–H groups in total. The highest BCUT2D eigenvalue weighted by atomic mass is 16.5. The minimum atomic E-state index is -0.0336. The number of nitrogens with zero attached hydrogens (tertiary/aromatic N) is 3. The van der Waals surface area contributed by atoms with Crippen LogP contribution < -0.4 is 9.64 Å². The molecule has 2 aromatic rings. The molecule has 23 heavy (non-hydrogen) atoms. The number of hydrogen-bond acceptors (Lipinski definition) is 3. The first-order valence-corrected chi connectivity index (χ1v) is 8.01. The summed E-state index contributed by atoms with van der Waals surface area (Å²) < 4.78 is 7.77. The minimum absolute atomic E-state index is 0.0188. The largest absolute Gasteiger partial charge is 0.487 e. The molecule has 0 saturated carbocycles. The molecule has 122 valence electrons. The first-order valence-electron chi connectivity index (χ1n) is 8.01. The standard InChI is InChI=1S/C18H23N3O2/c1-11(2)21-14(5)15(9-19-21)18(22)20-10-13(4)23-17-8-12(3)6-7-16(17)20/h6-9,11,13H,10H2,1-5H3. The van der Waals surface area contributed by atoms with Gasteiger partial charge in [0, 0.05) is 11.7 Å². The Morgan fingerprint density at radius 2 is 2.09 bits per heavy atom. The third-order valence-corrected chi connectivity index (χ3v) is 4.18. The Bertz CT molecular complexity index is 749. The van der Waals surface area contributed by atoms with Crippen LogP contribution in [-0.2, 0) is 0 Å². The van der Waals surface area contributed by atoms with E-state index in [-0.39, 0.29) is 18.1 Å². The highest BCUT2D eigenvalue weighted by molar-refractivity contribution is 6.07. The van der Waals surface area contributed by atoms with Crippen LogP contribution in [-0.4, -0.2) is 28.3 Å². The molecule has 3 rings (SSSR count). The molecular weight excluding hydrogens is 290 g/mol. The summed E-state index contributed by atoms with van der Waals surface area (Å²) in [5.74, 6) is 0.751. The van der Waals surface area contributed by atoms with Gasteiger partial charge in [0.05, 0.1) is 24.0 Å². The molecule has 0 aliphatic carbocycles. The van der Waals surface area contributed by atoms with Gasteiger partial charge < -0.3 is 9.64 Å². The van der Waals surface area contributed by atoms with E-state index in [1.54, 1.807) is 11.1 Å². The Labute approximate surface area is 136 Å². The number of carbonyl (C=O) groups is 1. The summed E-state index contributed by atoms with van der Waals surface area (Å²) in [6.07, 6.45) is 1.64. The predicted molar refractivity (Wildman–Crippen MR) is 90.3 cm³/mol. The molecule has 1 amide bonds. The lowest BCUT2D eigenvalue weighted by Crippen LogP contribution is -2.42. The van der Waals surface area contributed by atoms with Crippen LogP contribution in [0.4, 0.5) is 5.69 Å². The van der Waals surface area contributed by atoms with E-state index in [0.29, 0.717) is 12.1 Å². The molecule has 1 aliphatic heterocycles. The fraction of sp³-hybridized carbons (Fsp3) is 0.444. The van der Waals surface area contributed by atoms with Crippen LogP contribution in [0.1, 0.15) is 48.4 Å². The van der Waals surface area contributed by atoms with Crippen molar-refractivity contribution in [3.05, 3.63) is 41.2 Å². The van der Waals surface area contributed by atoms with E-state index in [4.69, 9.17) is 4.74 Å². The van der Waals surface area contributed by atoms with E-state index in [9.17, 15) is 4.79 Å². The van der Waals surface area contributed by atoms with Crippen molar-refractivity contribution in [3.63, 3.8) is 0 Å². The third-order valence-electron chi connectivity index (χ3n) is 4.18. The average Bonchev–Trinajstić information content (AvgIpc) is 2.87. The average molecular weight is 313 g/mol. The summed E-state index contributed by atoms with van der Waals surface area (Å²) >= 11 is 0. The van der Waals surface area contributed by atoms with Gasteiger partial charge in [-0.25, -0.2) is 0 Å². The fourth-order valence-electron chi connectivity index (χ4n) is 3.04. The van der Waals surface area contributed by atoms with E-state index in [1.165, 1.54) is 0 Å². The molecule has 1 unspecified atom stereocenters. The van der Waals surface area contributed by atoms with Gasteiger partial charge >= 0.3 is 0 Å². The van der Waals surface area contributed by atoms with Gasteiger partial charge in [0.15, 0.2) is 0 Å². The summed E-state index contributed by atoms with van der Waals surface area (Å²) in [5.41, 5.74) is 3.50. The molecule has 0 bridgehead atoms. The first-order chi connectivity index (χ1) is 10.9. The fourth-order valence-corrected chi connectivity index (χ4v) is 3.04. The van der Waals surface area contributed by atoms with E-state index in [0.717, 1.165) is 22.7 Å². The zero-order chi connectivity index (χ0) is 16.7. The van der Waals surface area contributed by atoms with E-state index in [2.05, 4.69) is 18.9 Å². The van der Waals surface area contributed by atoms with Crippen molar-refractivity contribution in [2.45, 2.75) is 46.8 Å². The Hall–Kier alpha value is -2.30. The van der Waals surface area contributed by atoms with Crippen LogP contribution in [0.15, 0.2) is 24.4 Å². The van der Waals surface area contributed by atoms with Crippen LogP contribution in [0.5, 0.6) is 5.75 Å². The second kappa shape index (κ2) is 5.72. The van der Waals surface area contributed by atoms with Crippen LogP contribution in [0.2, 0.25) is 0 Å². The monoisotopic (exact) mass is 313 g/mol. The molecule has 0 spiro atoms. The molecule has 2 heterocycles. The quantitative estimate of drug-likeness (QED) is 0.852. The summed E-state index contributed by atoms with van der Waals surface area (Å²) in [4.78, 5) is 14.9. The lowest BCUT2D eigenvalue weighted by Gasteiger charge is -2.33. The molecule has 0 saturated heterocycles. The topological polar surface area (TPSA) is 47.4 Å². The van der Waals surface area contributed by atoms with E-state index < -0.39 is 0 Å². The predicted octanol–water partition coefficient (Wildman–Crippen LogP) is 3.51. The number of fused-ring (bicyclic) bond motifs is 1. The molecule has 5 heteroatoms. The summed E-state index contributed by atoms with van der Waals surface area (Å²) in [6, 6.07) is 6.17. The van der Waals surface area contributed by atoms with E-state index >= 15 is 0 Å². The number of anilines is 1. The Morgan fingerprint density at radius 1 is 1.35 bits per heavy atom. The number of aryl methyl sites for hydroxylation is 1. The summed E-state index contributed by atoms with van der Waals surface area (Å²) in [5, 5.41) is 4.36. The Kier molecular flexibility index (Phi) is 3.88. The highest BCUT2D eigenvalue weighted by Gasteiger charge is 2.30. The number of ether oxygens (including phenoxy) is 1. The number of amides is 1. The third kappa shape index (κ3) is 2.71. The zero-order valence-electron chi connectivity index (χ0n) is 14.3. The van der Waals surface area contributed by atoms with Gasteiger partial charge in [-0.2, -0.15) is 5.10 Å². The highest BCUT2D eigenvalue weighted by Crippen LogP contribution is 2.35. The molecular formula is C18H23N3O2. The molecule has 5 nitrogen and oxygen atoms in total. The van der Waals surface area contributed by atoms with Gasteiger partial charge in [-0.3, -0.25) is 9.48 Å². The normalized spacial score (nSPS) is 17.1. The van der Waals surface area contributed by atoms with Crippen molar-refractivity contribution in [2.24, 2.45) is 0 Å². The Balaban J connectivity index is 2.00. The van der Waals surface area contributed by atoms with Gasteiger partial charge in [-0.15, -0.1) is 0 Å². The SMILES string of the molecule is Cc1ccc2c(c1)OC(C)CN2C(=O)c1cnn(C(C)C)c1C. The Morgan fingerprint density at radius 3 is 2.74 bits per heavy atom. The van der Waals surface area contributed by atoms with Crippen LogP contribution in [0, 0.1) is 13.8 Å². The molecule has 1 aromatic heterocycles. The molecule has 1 aromatic carbocycles. The van der Waals surface area contributed by atoms with Crippen molar-refractivity contribution >= 4 is 11.6 Å². The van der Waals surface area contributed by atoms with Gasteiger partial charge in [-0.1, -0.05) is 6.07 Å². The first kappa shape index (κ1) is 15.6. The van der Waals surface area contributed by atoms with Crippen molar-refractivity contribution in [1.82, 2.24) is 9.78 Å². The molecule has 0 fully saturated rings. The minimum Gasteiger partial charge on any atom is -0.487 e. The number of rotatable bonds is 2. The molecule has 0 radical (unpaired) electrons. The van der Waals surface area contributed by atoms with Crippen molar-refractivity contribution in [2.75, 3.05) is 11.4 Å². The zero-order valence-corrected chi connectivity index (χ0v) is 14.3. The maximum atomic E-state index is 13.1. The summed E-state index contributed by atoms with van der Waals surface area (Å²) in [7, 11) is 0. The number of carbonyl (C=O) groups excluding carboxylic acids is 1. The van der Waals surface area contributed by atoms with Crippen LogP contribution >= 0.6 is 0 Å². The molecule has 1 aliphatic rings. The van der Waals surface area contributed by atoms with Gasteiger partial charge in [0.1, 0.15) is 11.9 Å². The van der Waals surface area contributed by atoms with Crippen molar-refractivity contribution < 1.29 is 9.53 Å². The van der Waals surface area contributed by atoms with Crippen molar-refractivity contribution in [3.8, 4) is 5.75 Å². The maximum absolute atomic E-state index is 13.1.